The summed E-state index contributed by atoms with van der Waals surface area (Å²) < 4.78 is 0. The van der Waals surface area contributed by atoms with Crippen LogP contribution in [0.4, 0.5) is 0 Å². The van der Waals surface area contributed by atoms with Gasteiger partial charge in [0.1, 0.15) is 0 Å². The largest absolute Gasteiger partial charge is 0.309 e. The normalized spacial score (nSPS) is 24.4. The molecule has 1 aromatic rings. The van der Waals surface area contributed by atoms with Crippen LogP contribution in [0.2, 0.25) is 0 Å². The van der Waals surface area contributed by atoms with Crippen LogP contribution in [0.25, 0.3) is 0 Å². The summed E-state index contributed by atoms with van der Waals surface area (Å²) in [7, 11) is 0. The van der Waals surface area contributed by atoms with Crippen LogP contribution in [0, 0.1) is 18.3 Å². The Morgan fingerprint density at radius 2 is 2.25 bits per heavy atom. The summed E-state index contributed by atoms with van der Waals surface area (Å²) in [6.07, 6.45) is 5.93. The van der Waals surface area contributed by atoms with Crippen molar-refractivity contribution in [2.45, 2.75) is 45.6 Å². The molecule has 1 N–H and O–H groups in total. The van der Waals surface area contributed by atoms with Gasteiger partial charge in [-0.2, -0.15) is 0 Å². The van der Waals surface area contributed by atoms with E-state index in [1.807, 2.05) is 11.3 Å². The number of nitrogens with one attached hydrogen (secondary N) is 1. The Labute approximate surface area is 102 Å². The zero-order valence-electron chi connectivity index (χ0n) is 10.3. The van der Waals surface area contributed by atoms with E-state index in [9.17, 15) is 0 Å². The average molecular weight is 235 g/mol. The fourth-order valence-electron chi connectivity index (χ4n) is 2.86. The summed E-state index contributed by atoms with van der Waals surface area (Å²) in [6.45, 7) is 5.77. The second kappa shape index (κ2) is 3.85. The lowest BCUT2D eigenvalue weighted by Gasteiger charge is -2.19. The second-order valence-electron chi connectivity index (χ2n) is 5.71. The van der Waals surface area contributed by atoms with Crippen LogP contribution >= 0.6 is 11.3 Å². The van der Waals surface area contributed by atoms with E-state index in [-0.39, 0.29) is 0 Å². The van der Waals surface area contributed by atoms with E-state index in [1.54, 1.807) is 0 Å². The summed E-state index contributed by atoms with van der Waals surface area (Å²) in [4.78, 5) is 1.52. The number of rotatable bonds is 5. The van der Waals surface area contributed by atoms with Gasteiger partial charge in [0.25, 0.3) is 0 Å². The molecule has 1 heterocycles. The van der Waals surface area contributed by atoms with Crippen molar-refractivity contribution < 1.29 is 0 Å². The van der Waals surface area contributed by atoms with Gasteiger partial charge in [-0.15, -0.1) is 11.3 Å². The first-order valence-corrected chi connectivity index (χ1v) is 7.37. The molecule has 1 nitrogen and oxygen atoms in total. The van der Waals surface area contributed by atoms with E-state index in [2.05, 4.69) is 30.6 Å². The molecule has 2 saturated carbocycles. The molecule has 1 aromatic heterocycles. The molecule has 0 bridgehead atoms. The van der Waals surface area contributed by atoms with Gasteiger partial charge in [-0.25, -0.2) is 0 Å². The van der Waals surface area contributed by atoms with Gasteiger partial charge in [-0.05, 0) is 67.9 Å². The van der Waals surface area contributed by atoms with Gasteiger partial charge >= 0.3 is 0 Å². The highest BCUT2D eigenvalue weighted by Crippen LogP contribution is 2.61. The highest BCUT2D eigenvalue weighted by molar-refractivity contribution is 7.10. The van der Waals surface area contributed by atoms with Crippen molar-refractivity contribution in [1.29, 1.82) is 0 Å². The summed E-state index contributed by atoms with van der Waals surface area (Å²) in [5, 5.41) is 5.97. The van der Waals surface area contributed by atoms with Crippen molar-refractivity contribution in [2.24, 2.45) is 11.3 Å². The van der Waals surface area contributed by atoms with Crippen molar-refractivity contribution in [3.05, 3.63) is 21.9 Å². The third-order valence-electron chi connectivity index (χ3n) is 4.39. The lowest BCUT2D eigenvalue weighted by Crippen LogP contribution is -2.27. The summed E-state index contributed by atoms with van der Waals surface area (Å²) in [6, 6.07) is 2.77. The average Bonchev–Trinajstić information content (AvgIpc) is 3.14. The minimum Gasteiger partial charge on any atom is -0.309 e. The Bertz CT molecular complexity index is 374. The molecule has 2 heteroatoms. The highest BCUT2D eigenvalue weighted by atomic mass is 32.1. The Morgan fingerprint density at radius 1 is 1.50 bits per heavy atom. The molecule has 1 atom stereocenters. The minimum absolute atomic E-state index is 0.538. The van der Waals surface area contributed by atoms with E-state index in [4.69, 9.17) is 0 Å². The zero-order valence-corrected chi connectivity index (χ0v) is 11.1. The summed E-state index contributed by atoms with van der Waals surface area (Å²) in [5.41, 5.74) is 2.17. The lowest BCUT2D eigenvalue weighted by atomic mass is 10.00. The molecule has 0 aromatic carbocycles. The lowest BCUT2D eigenvalue weighted by molar-refractivity contribution is 0.383. The van der Waals surface area contributed by atoms with Crippen molar-refractivity contribution in [3.8, 4) is 0 Å². The Balaban J connectivity index is 1.57. The molecule has 2 fully saturated rings. The van der Waals surface area contributed by atoms with Crippen LogP contribution in [0.5, 0.6) is 0 Å². The van der Waals surface area contributed by atoms with Crippen molar-refractivity contribution in [3.63, 3.8) is 0 Å². The van der Waals surface area contributed by atoms with E-state index >= 15 is 0 Å². The quantitative estimate of drug-likeness (QED) is 0.816. The number of hydrogen-bond acceptors (Lipinski definition) is 2. The third kappa shape index (κ3) is 1.93. The van der Waals surface area contributed by atoms with E-state index < -0.39 is 0 Å². The van der Waals surface area contributed by atoms with Gasteiger partial charge < -0.3 is 5.32 Å². The van der Waals surface area contributed by atoms with Gasteiger partial charge in [0.15, 0.2) is 0 Å². The molecule has 0 saturated heterocycles. The first-order valence-electron chi connectivity index (χ1n) is 6.49. The fraction of sp³-hybridized carbons (Fsp3) is 0.714. The molecule has 0 aliphatic heterocycles. The van der Waals surface area contributed by atoms with E-state index in [0.29, 0.717) is 6.04 Å². The molecule has 2 aliphatic carbocycles. The van der Waals surface area contributed by atoms with Crippen LogP contribution in [0.1, 0.15) is 49.1 Å². The Morgan fingerprint density at radius 3 is 2.75 bits per heavy atom. The van der Waals surface area contributed by atoms with Crippen LogP contribution in [0.15, 0.2) is 11.4 Å². The van der Waals surface area contributed by atoms with Crippen molar-refractivity contribution in [1.82, 2.24) is 5.32 Å². The SMILES string of the molecule is Cc1ccsc1C(C)NCC1(C2CC2)CC1. The number of hydrogen-bond donors (Lipinski definition) is 1. The van der Waals surface area contributed by atoms with Crippen LogP contribution in [-0.2, 0) is 0 Å². The molecule has 3 rings (SSSR count). The fourth-order valence-corrected chi connectivity index (χ4v) is 3.82. The monoisotopic (exact) mass is 235 g/mol. The number of aryl methyl sites for hydroxylation is 1. The standard InChI is InChI=1S/C14H21NS/c1-10-5-8-16-13(10)11(2)15-9-14(6-7-14)12-3-4-12/h5,8,11-12,15H,3-4,6-7,9H2,1-2H3. The molecular formula is C14H21NS. The topological polar surface area (TPSA) is 12.0 Å². The van der Waals surface area contributed by atoms with Crippen LogP contribution in [-0.4, -0.2) is 6.54 Å². The smallest absolute Gasteiger partial charge is 0.0388 e. The molecule has 1 unspecified atom stereocenters. The maximum Gasteiger partial charge on any atom is 0.0388 e. The first-order chi connectivity index (χ1) is 7.71. The van der Waals surface area contributed by atoms with Gasteiger partial charge in [0.05, 0.1) is 0 Å². The maximum atomic E-state index is 3.76. The summed E-state index contributed by atoms with van der Waals surface area (Å²) in [5.74, 6) is 1.07. The molecule has 0 amide bonds. The Kier molecular flexibility index (Phi) is 2.60. The molecular weight excluding hydrogens is 214 g/mol. The third-order valence-corrected chi connectivity index (χ3v) is 5.59. The van der Waals surface area contributed by atoms with E-state index in [1.165, 1.54) is 42.7 Å². The molecule has 16 heavy (non-hydrogen) atoms. The van der Waals surface area contributed by atoms with Gasteiger partial charge in [0, 0.05) is 17.5 Å². The molecule has 0 radical (unpaired) electrons. The van der Waals surface area contributed by atoms with Gasteiger partial charge in [-0.3, -0.25) is 0 Å². The van der Waals surface area contributed by atoms with Crippen LogP contribution in [0.3, 0.4) is 0 Å². The molecule has 0 spiro atoms. The van der Waals surface area contributed by atoms with E-state index in [0.717, 1.165) is 11.3 Å². The maximum absolute atomic E-state index is 3.76. The van der Waals surface area contributed by atoms with Crippen molar-refractivity contribution >= 4 is 11.3 Å². The van der Waals surface area contributed by atoms with Crippen molar-refractivity contribution in [2.75, 3.05) is 6.54 Å². The summed E-state index contributed by atoms with van der Waals surface area (Å²) >= 11 is 1.89. The van der Waals surface area contributed by atoms with Gasteiger partial charge in [0.2, 0.25) is 0 Å². The van der Waals surface area contributed by atoms with Gasteiger partial charge in [-0.1, -0.05) is 0 Å². The molecule has 88 valence electrons. The molecule has 2 aliphatic rings. The zero-order chi connectivity index (χ0) is 11.2. The predicted octanol–water partition coefficient (Wildman–Crippen LogP) is 3.90. The number of thiophene rings is 1. The van der Waals surface area contributed by atoms with Crippen LogP contribution < -0.4 is 5.32 Å². The predicted molar refractivity (Wildman–Crippen MR) is 69.9 cm³/mol. The Hall–Kier alpha value is -0.340. The second-order valence-corrected chi connectivity index (χ2v) is 6.65. The highest BCUT2D eigenvalue weighted by Gasteiger charge is 2.53. The first kappa shape index (κ1) is 10.8. The minimum atomic E-state index is 0.538.